The molecule has 1 saturated heterocycles. The Morgan fingerprint density at radius 2 is 1.60 bits per heavy atom. The van der Waals surface area contributed by atoms with Crippen LogP contribution in [0.4, 0.5) is 5.13 Å². The number of carbonyl (C=O) groups excluding carboxylic acids is 2. The van der Waals surface area contributed by atoms with Gasteiger partial charge in [-0.25, -0.2) is 0 Å². The first kappa shape index (κ1) is 35.0. The predicted octanol–water partition coefficient (Wildman–Crippen LogP) is 8.60. The van der Waals surface area contributed by atoms with E-state index in [1.807, 2.05) is 37.3 Å². The van der Waals surface area contributed by atoms with Crippen molar-refractivity contribution in [3.63, 3.8) is 0 Å². The van der Waals surface area contributed by atoms with Crippen LogP contribution in [0.1, 0.15) is 75.6 Å². The van der Waals surface area contributed by atoms with Gasteiger partial charge in [0.25, 0.3) is 5.78 Å². The number of ether oxygens (including phenoxy) is 3. The Morgan fingerprint density at radius 3 is 2.33 bits per heavy atom. The molecule has 0 aliphatic carbocycles. The highest BCUT2D eigenvalue weighted by molar-refractivity contribution is 8.00. The Morgan fingerprint density at radius 1 is 0.854 bits per heavy atom. The van der Waals surface area contributed by atoms with E-state index in [2.05, 4.69) is 24.0 Å². The fraction of sp³-hybridized carbons (Fsp3) is 0.351. The Hall–Kier alpha value is -4.35. The van der Waals surface area contributed by atoms with Crippen molar-refractivity contribution in [2.24, 2.45) is 0 Å². The van der Waals surface area contributed by atoms with Crippen molar-refractivity contribution in [2.45, 2.75) is 69.0 Å². The van der Waals surface area contributed by atoms with Crippen molar-refractivity contribution >= 4 is 45.7 Å². The lowest BCUT2D eigenvalue weighted by Gasteiger charge is -2.23. The number of rotatable bonds is 17. The summed E-state index contributed by atoms with van der Waals surface area (Å²) in [6, 6.07) is 21.2. The molecule has 0 spiro atoms. The minimum atomic E-state index is -0.987. The zero-order valence-electron chi connectivity index (χ0n) is 27.5. The molecule has 3 aromatic carbocycles. The number of carbonyl (C=O) groups is 2. The second-order valence-corrected chi connectivity index (χ2v) is 13.4. The van der Waals surface area contributed by atoms with Crippen LogP contribution in [-0.4, -0.2) is 46.8 Å². The molecule has 1 aliphatic rings. The number of nitrogens with zero attached hydrogens (tertiary/aromatic N) is 3. The molecule has 1 atom stereocenters. The number of hydrogen-bond donors (Lipinski definition) is 1. The van der Waals surface area contributed by atoms with Crippen LogP contribution >= 0.6 is 23.1 Å². The number of thioether (sulfide) groups is 1. The topological polar surface area (TPSA) is 111 Å². The van der Waals surface area contributed by atoms with Crippen molar-refractivity contribution < 1.29 is 28.9 Å². The minimum absolute atomic E-state index is 0.0487. The maximum atomic E-state index is 13.8. The fourth-order valence-electron chi connectivity index (χ4n) is 5.24. The molecule has 0 radical (unpaired) electrons. The molecule has 1 aliphatic heterocycles. The van der Waals surface area contributed by atoms with Gasteiger partial charge in [-0.1, -0.05) is 92.6 Å². The SMILES string of the molecule is CCCCCOc1ccc(C2/C(=C(\O)c3ccc(OCCCC)cc3)C(=O)C(=O)N2c2nnc(SCc3ccccc3)s2)cc1OCC. The molecule has 1 amide bonds. The maximum Gasteiger partial charge on any atom is 0.301 e. The Kier molecular flexibility index (Phi) is 12.5. The van der Waals surface area contributed by atoms with E-state index in [4.69, 9.17) is 14.2 Å². The summed E-state index contributed by atoms with van der Waals surface area (Å²) in [4.78, 5) is 28.9. The highest BCUT2D eigenvalue weighted by atomic mass is 32.2. The summed E-state index contributed by atoms with van der Waals surface area (Å²) in [5.74, 6) is 0.490. The normalized spacial score (nSPS) is 15.6. The summed E-state index contributed by atoms with van der Waals surface area (Å²) in [7, 11) is 0. The van der Waals surface area contributed by atoms with Crippen molar-refractivity contribution in [1.29, 1.82) is 0 Å². The number of benzene rings is 3. The lowest BCUT2D eigenvalue weighted by Crippen LogP contribution is -2.29. The van der Waals surface area contributed by atoms with E-state index in [0.717, 1.165) is 37.7 Å². The first-order valence-corrected chi connectivity index (χ1v) is 18.2. The molecule has 1 aromatic heterocycles. The van der Waals surface area contributed by atoms with Crippen LogP contribution in [0, 0.1) is 0 Å². The average Bonchev–Trinajstić information content (AvgIpc) is 3.68. The lowest BCUT2D eigenvalue weighted by molar-refractivity contribution is -0.132. The predicted molar refractivity (Wildman–Crippen MR) is 190 cm³/mol. The van der Waals surface area contributed by atoms with Gasteiger partial charge < -0.3 is 19.3 Å². The van der Waals surface area contributed by atoms with Gasteiger partial charge in [-0.3, -0.25) is 14.5 Å². The largest absolute Gasteiger partial charge is 0.507 e. The third-order valence-corrected chi connectivity index (χ3v) is 9.86. The number of ketones is 1. The van der Waals surface area contributed by atoms with Gasteiger partial charge in [-0.05, 0) is 67.3 Å². The molecule has 0 bridgehead atoms. The van der Waals surface area contributed by atoms with E-state index in [1.54, 1.807) is 42.5 Å². The van der Waals surface area contributed by atoms with Gasteiger partial charge in [0.2, 0.25) is 5.13 Å². The Bertz CT molecular complexity index is 1710. The molecule has 1 fully saturated rings. The lowest BCUT2D eigenvalue weighted by atomic mass is 9.95. The molecular formula is C37H41N3O6S2. The summed E-state index contributed by atoms with van der Waals surface area (Å²) in [6.07, 6.45) is 4.98. The van der Waals surface area contributed by atoms with E-state index in [0.29, 0.717) is 58.3 Å². The fourth-order valence-corrected chi connectivity index (χ4v) is 7.06. The van der Waals surface area contributed by atoms with Crippen LogP contribution in [0.2, 0.25) is 0 Å². The molecule has 0 saturated carbocycles. The second kappa shape index (κ2) is 17.2. The van der Waals surface area contributed by atoms with Crippen molar-refractivity contribution in [2.75, 3.05) is 24.7 Å². The number of aromatic nitrogens is 2. The van der Waals surface area contributed by atoms with Crippen molar-refractivity contribution in [1.82, 2.24) is 10.2 Å². The van der Waals surface area contributed by atoms with E-state index >= 15 is 0 Å². The van der Waals surface area contributed by atoms with Crippen LogP contribution in [0.25, 0.3) is 5.76 Å². The van der Waals surface area contributed by atoms with Gasteiger partial charge in [0.1, 0.15) is 11.5 Å². The first-order chi connectivity index (χ1) is 23.4. The first-order valence-electron chi connectivity index (χ1n) is 16.4. The summed E-state index contributed by atoms with van der Waals surface area (Å²) < 4.78 is 18.4. The quantitative estimate of drug-likeness (QED) is 0.0291. The highest BCUT2D eigenvalue weighted by Gasteiger charge is 2.48. The molecule has 5 rings (SSSR count). The number of anilines is 1. The van der Waals surface area contributed by atoms with E-state index in [-0.39, 0.29) is 16.5 Å². The van der Waals surface area contributed by atoms with Gasteiger partial charge in [0.15, 0.2) is 15.8 Å². The number of aliphatic hydroxyl groups is 1. The molecule has 252 valence electrons. The monoisotopic (exact) mass is 687 g/mol. The molecule has 48 heavy (non-hydrogen) atoms. The minimum Gasteiger partial charge on any atom is -0.507 e. The summed E-state index contributed by atoms with van der Waals surface area (Å²) in [5.41, 5.74) is 2.03. The average molecular weight is 688 g/mol. The van der Waals surface area contributed by atoms with Gasteiger partial charge >= 0.3 is 5.91 Å². The Labute approximate surface area is 290 Å². The number of aliphatic hydroxyl groups excluding tert-OH is 1. The zero-order valence-corrected chi connectivity index (χ0v) is 29.1. The van der Waals surface area contributed by atoms with Gasteiger partial charge in [0.05, 0.1) is 31.4 Å². The zero-order chi connectivity index (χ0) is 33.9. The number of hydrogen-bond acceptors (Lipinski definition) is 10. The smallest absolute Gasteiger partial charge is 0.301 e. The van der Waals surface area contributed by atoms with Crippen LogP contribution in [0.5, 0.6) is 17.2 Å². The summed E-state index contributed by atoms with van der Waals surface area (Å²) >= 11 is 2.72. The van der Waals surface area contributed by atoms with Crippen LogP contribution in [0.3, 0.4) is 0 Å². The molecular weight excluding hydrogens is 647 g/mol. The second-order valence-electron chi connectivity index (χ2n) is 11.2. The molecule has 1 N–H and O–H groups in total. The van der Waals surface area contributed by atoms with Gasteiger partial charge in [0, 0.05) is 11.3 Å². The highest BCUT2D eigenvalue weighted by Crippen LogP contribution is 2.45. The summed E-state index contributed by atoms with van der Waals surface area (Å²) in [6.45, 7) is 7.62. The van der Waals surface area contributed by atoms with Gasteiger partial charge in [-0.2, -0.15) is 0 Å². The third kappa shape index (κ3) is 8.38. The molecule has 2 heterocycles. The Balaban J connectivity index is 1.53. The standard InChI is InChI=1S/C37H41N3O6S2/c1-4-7-12-22-46-29-20-17-27(23-30(29)44-6-3)32-31(33(41)26-15-18-28(19-16-26)45-21-8-5-2)34(42)35(43)40(32)36-38-39-37(48-36)47-24-25-13-10-9-11-14-25/h9-11,13-20,23,32,41H,4-8,12,21-22,24H2,1-3H3/b33-31+. The number of unbranched alkanes of at least 4 members (excludes halogenated alkanes) is 3. The molecule has 11 heteroatoms. The molecule has 1 unspecified atom stereocenters. The van der Waals surface area contributed by atoms with Crippen LogP contribution in [-0.2, 0) is 15.3 Å². The third-order valence-electron chi connectivity index (χ3n) is 7.73. The van der Waals surface area contributed by atoms with Crippen molar-refractivity contribution in [3.05, 3.63) is 95.1 Å². The van der Waals surface area contributed by atoms with Gasteiger partial charge in [-0.15, -0.1) is 10.2 Å². The maximum absolute atomic E-state index is 13.8. The number of amides is 1. The van der Waals surface area contributed by atoms with Crippen molar-refractivity contribution in [3.8, 4) is 17.2 Å². The molecule has 4 aromatic rings. The van der Waals surface area contributed by atoms with E-state index in [1.165, 1.54) is 28.0 Å². The number of Topliss-reactive ketones (excluding diaryl/α,β-unsaturated/α-hetero) is 1. The van der Waals surface area contributed by atoms with E-state index in [9.17, 15) is 14.7 Å². The van der Waals surface area contributed by atoms with Crippen LogP contribution in [0.15, 0.2) is 82.7 Å². The molecule has 9 nitrogen and oxygen atoms in total. The van der Waals surface area contributed by atoms with Crippen LogP contribution < -0.4 is 19.1 Å². The summed E-state index contributed by atoms with van der Waals surface area (Å²) in [5, 5.41) is 20.6. The van der Waals surface area contributed by atoms with E-state index < -0.39 is 17.7 Å².